The number of anilines is 1. The van der Waals surface area contributed by atoms with Crippen molar-refractivity contribution in [1.29, 1.82) is 0 Å². The van der Waals surface area contributed by atoms with Gasteiger partial charge in [0.25, 0.3) is 8.32 Å². The Hall–Kier alpha value is -6.80. The smallest absolute Gasteiger partial charge is 0.408 e. The van der Waals surface area contributed by atoms with E-state index in [-0.39, 0.29) is 33.2 Å². The van der Waals surface area contributed by atoms with Gasteiger partial charge in [-0.2, -0.15) is 0 Å². The molecular formula is C61H72IN3O12Si. The van der Waals surface area contributed by atoms with Crippen LogP contribution in [0.5, 0.6) is 34.5 Å². The van der Waals surface area contributed by atoms with Gasteiger partial charge in [0.2, 0.25) is 18.6 Å². The number of nitrogens with one attached hydrogen (secondary N) is 2. The number of rotatable bonds is 22. The van der Waals surface area contributed by atoms with Crippen LogP contribution in [-0.4, -0.2) is 90.3 Å². The molecule has 2 N–H and O–H groups in total. The highest BCUT2D eigenvalue weighted by Gasteiger charge is 2.52. The number of hydrogen-bond donors (Lipinski definition) is 2. The van der Waals surface area contributed by atoms with Gasteiger partial charge in [0.05, 0.1) is 30.4 Å². The van der Waals surface area contributed by atoms with Gasteiger partial charge in [-0.05, 0) is 127 Å². The fraction of sp³-hybridized carbons (Fsp3) is 0.361. The van der Waals surface area contributed by atoms with Crippen molar-refractivity contribution in [2.24, 2.45) is 0 Å². The van der Waals surface area contributed by atoms with Crippen LogP contribution < -0.4 is 49.4 Å². The van der Waals surface area contributed by atoms with E-state index in [9.17, 15) is 4.79 Å². The molecule has 78 heavy (non-hydrogen) atoms. The molecule has 0 aromatic heterocycles. The largest absolute Gasteiger partial charge is 0.497 e. The van der Waals surface area contributed by atoms with Gasteiger partial charge in [-0.15, -0.1) is 0 Å². The summed E-state index contributed by atoms with van der Waals surface area (Å²) in [4.78, 5) is 47.7. The van der Waals surface area contributed by atoms with E-state index in [1.807, 2.05) is 86.6 Å². The normalized spacial score (nSPS) is 13.4. The van der Waals surface area contributed by atoms with Crippen molar-refractivity contribution in [1.82, 2.24) is 10.2 Å². The van der Waals surface area contributed by atoms with Crippen molar-refractivity contribution in [2.45, 2.75) is 104 Å². The molecule has 17 heteroatoms. The number of fused-ring (bicyclic) bond motifs is 1. The molecule has 1 aliphatic rings. The maximum Gasteiger partial charge on any atom is 0.408 e. The molecule has 0 saturated carbocycles. The summed E-state index contributed by atoms with van der Waals surface area (Å²) in [5.41, 5.74) is 2.90. The van der Waals surface area contributed by atoms with Gasteiger partial charge in [-0.1, -0.05) is 118 Å². The Balaban J connectivity index is 1.48. The van der Waals surface area contributed by atoms with Crippen LogP contribution in [0.2, 0.25) is 5.04 Å². The molecule has 0 unspecified atom stereocenters. The van der Waals surface area contributed by atoms with Crippen molar-refractivity contribution in [3.8, 4) is 34.5 Å². The Labute approximate surface area is 473 Å². The lowest BCUT2D eigenvalue weighted by atomic mass is 9.96. The van der Waals surface area contributed by atoms with Gasteiger partial charge in [0, 0.05) is 30.3 Å². The molecule has 0 bridgehead atoms. The van der Waals surface area contributed by atoms with E-state index >= 15 is 9.59 Å². The van der Waals surface area contributed by atoms with Crippen LogP contribution in [0.3, 0.4) is 0 Å². The lowest BCUT2D eigenvalue weighted by molar-refractivity contribution is -0.143. The Kier molecular flexibility index (Phi) is 19.5. The van der Waals surface area contributed by atoms with Crippen molar-refractivity contribution in [3.05, 3.63) is 159 Å². The number of methoxy groups -OCH3 is 3. The molecule has 1 aliphatic heterocycles. The van der Waals surface area contributed by atoms with Crippen LogP contribution in [0.1, 0.15) is 82.3 Å². The second kappa shape index (κ2) is 25.8. The van der Waals surface area contributed by atoms with Crippen LogP contribution in [0.15, 0.2) is 127 Å². The third-order valence-corrected chi connectivity index (χ3v) is 19.6. The lowest BCUT2D eigenvalue weighted by Gasteiger charge is -2.45. The highest BCUT2D eigenvalue weighted by Crippen LogP contribution is 2.49. The van der Waals surface area contributed by atoms with Gasteiger partial charge in [0.15, 0.2) is 29.8 Å². The third kappa shape index (κ3) is 13.5. The van der Waals surface area contributed by atoms with Gasteiger partial charge in [-0.3, -0.25) is 9.59 Å². The van der Waals surface area contributed by atoms with Crippen molar-refractivity contribution in [2.75, 3.05) is 46.8 Å². The fourth-order valence-corrected chi connectivity index (χ4v) is 15.1. The molecule has 3 atom stereocenters. The number of amides is 3. The van der Waals surface area contributed by atoms with Crippen molar-refractivity contribution < 1.29 is 56.7 Å². The first-order valence-electron chi connectivity index (χ1n) is 25.8. The summed E-state index contributed by atoms with van der Waals surface area (Å²) in [7, 11) is 1.24. The number of halogens is 1. The highest BCUT2D eigenvalue weighted by molar-refractivity contribution is 14.1. The molecule has 1 heterocycles. The summed E-state index contributed by atoms with van der Waals surface area (Å²) >= 11 is 2.20. The van der Waals surface area contributed by atoms with Crippen LogP contribution in [0.4, 0.5) is 10.5 Å². The molecule has 0 fully saturated rings. The summed E-state index contributed by atoms with van der Waals surface area (Å²) in [6.45, 7) is 16.9. The van der Waals surface area contributed by atoms with E-state index in [1.165, 1.54) is 12.0 Å². The number of hydrogen-bond acceptors (Lipinski definition) is 12. The zero-order valence-electron chi connectivity index (χ0n) is 46.6. The number of aryl methyl sites for hydroxylation is 1. The monoisotopic (exact) mass is 1190 g/mol. The average Bonchev–Trinajstić information content (AvgIpc) is 4.01. The minimum Gasteiger partial charge on any atom is -0.497 e. The summed E-state index contributed by atoms with van der Waals surface area (Å²) in [5.74, 6) is 1.53. The van der Waals surface area contributed by atoms with E-state index in [0.717, 1.165) is 21.5 Å². The number of nitrogens with zero attached hydrogens (tertiary/aromatic N) is 1. The number of ether oxygens (including phenoxy) is 8. The Bertz CT molecular complexity index is 2970. The second-order valence-corrected chi connectivity index (χ2v) is 26.4. The van der Waals surface area contributed by atoms with Crippen molar-refractivity contribution in [3.63, 3.8) is 0 Å². The SMILES string of the molecule is COCOc1cc([C@H](CO[Si](c2ccccc2)(c2ccccc2)C(C)(C)C)N(C(=O)[C@H](Cc2cc(C)c(OC)c(OCc3ccccc3)c2I)NC(=O)OC(C)(C)C)[C@@H](C)C(=O)Nc2ccc(OC)cc2)c2c(c1C)OCO2. The van der Waals surface area contributed by atoms with Gasteiger partial charge >= 0.3 is 6.09 Å². The Morgan fingerprint density at radius 2 is 1.36 bits per heavy atom. The Morgan fingerprint density at radius 3 is 1.92 bits per heavy atom. The van der Waals surface area contributed by atoms with Gasteiger partial charge < -0.3 is 57.9 Å². The molecule has 0 aliphatic carbocycles. The molecule has 0 saturated heterocycles. The first-order valence-corrected chi connectivity index (χ1v) is 28.8. The number of carbonyl (C=O) groups excluding carboxylic acids is 3. The maximum atomic E-state index is 16.7. The second-order valence-electron chi connectivity index (χ2n) is 21.0. The zero-order valence-corrected chi connectivity index (χ0v) is 49.8. The van der Waals surface area contributed by atoms with Gasteiger partial charge in [0.1, 0.15) is 35.8 Å². The molecule has 6 aromatic carbocycles. The highest BCUT2D eigenvalue weighted by atomic mass is 127. The summed E-state index contributed by atoms with van der Waals surface area (Å²) < 4.78 is 56.4. The lowest BCUT2D eigenvalue weighted by Crippen LogP contribution is -2.67. The van der Waals surface area contributed by atoms with Crippen molar-refractivity contribution >= 4 is 64.9 Å². The van der Waals surface area contributed by atoms with E-state index in [0.29, 0.717) is 60.4 Å². The maximum absolute atomic E-state index is 16.7. The molecule has 15 nitrogen and oxygen atoms in total. The third-order valence-electron chi connectivity index (χ3n) is 13.5. The van der Waals surface area contributed by atoms with E-state index in [2.05, 4.69) is 78.3 Å². The first kappa shape index (κ1) is 58.9. The molecular weight excluding hydrogens is 1120 g/mol. The topological polar surface area (TPSA) is 162 Å². The van der Waals surface area contributed by atoms with E-state index < -0.39 is 55.0 Å². The minimum atomic E-state index is -3.42. The molecule has 6 aromatic rings. The molecule has 3 amide bonds. The van der Waals surface area contributed by atoms with Crippen LogP contribution in [-0.2, 0) is 36.5 Å². The number of alkyl carbamates (subject to hydrolysis) is 1. The zero-order chi connectivity index (χ0) is 56.4. The standard InChI is InChI=1S/C61H72IN3O12Si/c1-39-32-43(52(62)56(53(39)71-12)72-35-42-22-16-13-17-23-42)33-49(64-59(68)77-60(4,5)6)58(67)65(41(3)57(66)63-44-28-30-45(70-11)31-29-44)50(48-34-51(73-37-69-10)40(2)54-55(48)75-38-74-54)36-76-78(61(7,8)9,46-24-18-14-19-25-46)47-26-20-15-21-27-47/h13-32,34,41,49-50H,33,35-38H2,1-12H3,(H,63,66)(H,64,68)/t41-,49-,50-/m0/s1. The number of benzene rings is 6. The summed E-state index contributed by atoms with van der Waals surface area (Å²) in [5, 5.41) is 7.47. The summed E-state index contributed by atoms with van der Waals surface area (Å²) in [6, 6.07) is 36.8. The molecule has 0 radical (unpaired) electrons. The van der Waals surface area contributed by atoms with E-state index in [1.54, 1.807) is 72.2 Å². The quantitative estimate of drug-likeness (QED) is 0.0377. The van der Waals surface area contributed by atoms with Crippen LogP contribution in [0.25, 0.3) is 0 Å². The average molecular weight is 1190 g/mol. The summed E-state index contributed by atoms with van der Waals surface area (Å²) in [6.07, 6.45) is -0.928. The molecule has 7 rings (SSSR count). The molecule has 0 spiro atoms. The Morgan fingerprint density at radius 1 is 0.756 bits per heavy atom. The van der Waals surface area contributed by atoms with Crippen LogP contribution in [0, 0.1) is 17.4 Å². The van der Waals surface area contributed by atoms with Crippen LogP contribution >= 0.6 is 22.6 Å². The van der Waals surface area contributed by atoms with Gasteiger partial charge in [-0.25, -0.2) is 4.79 Å². The minimum absolute atomic E-state index is 0.0810. The van der Waals surface area contributed by atoms with E-state index in [4.69, 9.17) is 42.3 Å². The first-order chi connectivity index (χ1) is 37.2. The predicted octanol–water partition coefficient (Wildman–Crippen LogP) is 10.8. The molecule has 414 valence electrons. The predicted molar refractivity (Wildman–Crippen MR) is 312 cm³/mol. The fourth-order valence-electron chi connectivity index (χ4n) is 9.79. The number of carbonyl (C=O) groups is 3.